The number of carbonyl (C=O) groups is 1. The number of anilines is 1. The summed E-state index contributed by atoms with van der Waals surface area (Å²) < 4.78 is 4.95. The summed E-state index contributed by atoms with van der Waals surface area (Å²) in [5.74, 6) is -0.0781. The molecule has 0 aliphatic carbocycles. The van der Waals surface area contributed by atoms with Gasteiger partial charge in [-0.3, -0.25) is 10.1 Å². The van der Waals surface area contributed by atoms with Crippen molar-refractivity contribution in [1.29, 1.82) is 0 Å². The lowest BCUT2D eigenvalue weighted by Gasteiger charge is -1.96. The summed E-state index contributed by atoms with van der Waals surface area (Å²) in [6.45, 7) is 1.38. The Labute approximate surface area is 97.2 Å². The van der Waals surface area contributed by atoms with Gasteiger partial charge in [0.15, 0.2) is 0 Å². The smallest absolute Gasteiger partial charge is 0.250 e. The number of hydrogen-bond acceptors (Lipinski definition) is 3. The van der Waals surface area contributed by atoms with E-state index in [1.807, 2.05) is 30.3 Å². The van der Waals surface area contributed by atoms with Crippen LogP contribution in [0, 0.1) is 0 Å². The Balaban J connectivity index is 2.37. The molecule has 0 radical (unpaired) electrons. The Kier molecular flexibility index (Phi) is 2.92. The van der Waals surface area contributed by atoms with E-state index in [0.717, 1.165) is 5.56 Å². The van der Waals surface area contributed by atoms with Crippen molar-refractivity contribution in [3.05, 3.63) is 35.4 Å². The van der Waals surface area contributed by atoms with Crippen LogP contribution in [-0.2, 0) is 4.79 Å². The van der Waals surface area contributed by atoms with E-state index < -0.39 is 0 Å². The topological polar surface area (TPSA) is 55.1 Å². The van der Waals surface area contributed by atoms with Crippen LogP contribution in [0.15, 0.2) is 34.9 Å². The number of nitrogens with zero attached hydrogens (tertiary/aromatic N) is 1. The third kappa shape index (κ3) is 2.06. The van der Waals surface area contributed by atoms with Crippen LogP contribution < -0.4 is 5.32 Å². The van der Waals surface area contributed by atoms with Crippen LogP contribution in [0.25, 0.3) is 11.3 Å². The van der Waals surface area contributed by atoms with Gasteiger partial charge in [-0.15, -0.1) is 0 Å². The summed E-state index contributed by atoms with van der Waals surface area (Å²) >= 11 is 6.03. The van der Waals surface area contributed by atoms with Gasteiger partial charge in [-0.2, -0.15) is 0 Å². The van der Waals surface area contributed by atoms with E-state index >= 15 is 0 Å². The fourth-order valence-electron chi connectivity index (χ4n) is 1.29. The highest BCUT2D eigenvalue weighted by Gasteiger charge is 2.15. The van der Waals surface area contributed by atoms with E-state index in [2.05, 4.69) is 10.5 Å². The summed E-state index contributed by atoms with van der Waals surface area (Å²) in [6, 6.07) is 9.37. The maximum atomic E-state index is 10.9. The molecule has 82 valence electrons. The molecule has 0 atom stereocenters. The summed E-state index contributed by atoms with van der Waals surface area (Å²) in [7, 11) is 0. The van der Waals surface area contributed by atoms with Gasteiger partial charge in [0.2, 0.25) is 5.91 Å². The molecule has 5 heteroatoms. The molecule has 0 bridgehead atoms. The van der Waals surface area contributed by atoms with Crippen molar-refractivity contribution in [3.63, 3.8) is 0 Å². The van der Waals surface area contributed by atoms with Gasteiger partial charge in [0.1, 0.15) is 10.7 Å². The molecule has 0 saturated carbocycles. The second-order valence-corrected chi connectivity index (χ2v) is 3.60. The average molecular weight is 237 g/mol. The van der Waals surface area contributed by atoms with E-state index in [4.69, 9.17) is 16.1 Å². The van der Waals surface area contributed by atoms with E-state index in [0.29, 0.717) is 10.7 Å². The van der Waals surface area contributed by atoms with Crippen LogP contribution in [0.1, 0.15) is 6.92 Å². The maximum Gasteiger partial charge on any atom is 0.250 e. The first-order valence-corrected chi connectivity index (χ1v) is 5.04. The summed E-state index contributed by atoms with van der Waals surface area (Å²) in [6.07, 6.45) is 0. The van der Waals surface area contributed by atoms with E-state index in [1.165, 1.54) is 6.92 Å². The predicted octanol–water partition coefficient (Wildman–Crippen LogP) is 2.95. The number of halogens is 1. The van der Waals surface area contributed by atoms with Crippen molar-refractivity contribution in [3.8, 4) is 11.3 Å². The Morgan fingerprint density at radius 1 is 1.38 bits per heavy atom. The molecule has 0 fully saturated rings. The van der Waals surface area contributed by atoms with Crippen LogP contribution in [-0.4, -0.2) is 11.1 Å². The van der Waals surface area contributed by atoms with Crippen molar-refractivity contribution in [2.75, 3.05) is 5.32 Å². The van der Waals surface area contributed by atoms with Gasteiger partial charge in [0, 0.05) is 12.5 Å². The Morgan fingerprint density at radius 3 is 2.69 bits per heavy atom. The monoisotopic (exact) mass is 236 g/mol. The Hall–Kier alpha value is -1.81. The number of aromatic nitrogens is 1. The number of hydrogen-bond donors (Lipinski definition) is 1. The Bertz CT molecular complexity index is 508. The van der Waals surface area contributed by atoms with Crippen molar-refractivity contribution in [1.82, 2.24) is 5.16 Å². The molecular formula is C11H9ClN2O2. The first kappa shape index (κ1) is 10.7. The van der Waals surface area contributed by atoms with Gasteiger partial charge >= 0.3 is 0 Å². The quantitative estimate of drug-likeness (QED) is 0.872. The lowest BCUT2D eigenvalue weighted by molar-refractivity contribution is -0.114. The summed E-state index contributed by atoms with van der Waals surface area (Å²) in [5.41, 5.74) is 1.36. The minimum atomic E-state index is -0.252. The lowest BCUT2D eigenvalue weighted by atomic mass is 10.1. The molecule has 0 saturated heterocycles. The van der Waals surface area contributed by atoms with E-state index in [9.17, 15) is 4.79 Å². The third-order valence-electron chi connectivity index (χ3n) is 1.97. The fraction of sp³-hybridized carbons (Fsp3) is 0.0909. The third-order valence-corrected chi connectivity index (χ3v) is 2.32. The maximum absolute atomic E-state index is 10.9. The van der Waals surface area contributed by atoms with Crippen LogP contribution in [0.4, 0.5) is 5.88 Å². The first-order valence-electron chi connectivity index (χ1n) is 4.66. The van der Waals surface area contributed by atoms with Gasteiger partial charge in [0.25, 0.3) is 5.88 Å². The highest BCUT2D eigenvalue weighted by molar-refractivity contribution is 6.35. The first-order chi connectivity index (χ1) is 7.68. The molecule has 0 aliphatic heterocycles. The van der Waals surface area contributed by atoms with E-state index in [-0.39, 0.29) is 11.8 Å². The van der Waals surface area contributed by atoms with Crippen molar-refractivity contribution in [2.24, 2.45) is 0 Å². The van der Waals surface area contributed by atoms with E-state index in [1.54, 1.807) is 0 Å². The second-order valence-electron chi connectivity index (χ2n) is 3.22. The highest BCUT2D eigenvalue weighted by Crippen LogP contribution is 2.32. The van der Waals surface area contributed by atoms with Crippen LogP contribution >= 0.6 is 11.6 Å². The Morgan fingerprint density at radius 2 is 2.06 bits per heavy atom. The molecule has 2 rings (SSSR count). The number of carbonyl (C=O) groups excluding carboxylic acids is 1. The largest absolute Gasteiger partial charge is 0.336 e. The SMILES string of the molecule is CC(=O)Nc1onc(-c2ccccc2)c1Cl. The molecule has 0 aliphatic rings. The van der Waals surface area contributed by atoms with Gasteiger partial charge in [-0.25, -0.2) is 0 Å². The molecule has 0 unspecified atom stereocenters. The minimum absolute atomic E-state index is 0.174. The van der Waals surface area contributed by atoms with Crippen molar-refractivity contribution >= 4 is 23.4 Å². The predicted molar refractivity (Wildman–Crippen MR) is 61.3 cm³/mol. The molecule has 1 aromatic heterocycles. The van der Waals surface area contributed by atoms with Crippen LogP contribution in [0.3, 0.4) is 0 Å². The lowest BCUT2D eigenvalue weighted by Crippen LogP contribution is -2.04. The average Bonchev–Trinajstić information content (AvgIpc) is 2.61. The molecule has 2 aromatic rings. The highest BCUT2D eigenvalue weighted by atomic mass is 35.5. The number of amides is 1. The number of nitrogens with one attached hydrogen (secondary N) is 1. The zero-order chi connectivity index (χ0) is 11.5. The van der Waals surface area contributed by atoms with Crippen molar-refractivity contribution < 1.29 is 9.32 Å². The van der Waals surface area contributed by atoms with Gasteiger partial charge < -0.3 is 4.52 Å². The zero-order valence-corrected chi connectivity index (χ0v) is 9.28. The molecule has 1 heterocycles. The molecule has 0 spiro atoms. The second kappa shape index (κ2) is 4.37. The van der Waals surface area contributed by atoms with Crippen LogP contribution in [0.2, 0.25) is 5.02 Å². The number of benzene rings is 1. The van der Waals surface area contributed by atoms with Gasteiger partial charge in [-0.05, 0) is 0 Å². The molecule has 4 nitrogen and oxygen atoms in total. The van der Waals surface area contributed by atoms with Crippen molar-refractivity contribution in [2.45, 2.75) is 6.92 Å². The fourth-order valence-corrected chi connectivity index (χ4v) is 1.52. The minimum Gasteiger partial charge on any atom is -0.336 e. The van der Waals surface area contributed by atoms with Crippen LogP contribution in [0.5, 0.6) is 0 Å². The molecular weight excluding hydrogens is 228 g/mol. The molecule has 16 heavy (non-hydrogen) atoms. The summed E-state index contributed by atoms with van der Waals surface area (Å²) in [4.78, 5) is 10.9. The number of rotatable bonds is 2. The molecule has 1 N–H and O–H groups in total. The zero-order valence-electron chi connectivity index (χ0n) is 8.53. The van der Waals surface area contributed by atoms with Gasteiger partial charge in [0.05, 0.1) is 0 Å². The normalized spacial score (nSPS) is 10.1. The molecule has 1 amide bonds. The standard InChI is InChI=1S/C11H9ClN2O2/c1-7(15)13-11-9(12)10(14-16-11)8-5-3-2-4-6-8/h2-6H,1H3,(H,13,15). The summed E-state index contributed by atoms with van der Waals surface area (Å²) in [5, 5.41) is 6.59. The molecule has 1 aromatic carbocycles. The van der Waals surface area contributed by atoms with Gasteiger partial charge in [-0.1, -0.05) is 47.1 Å².